The van der Waals surface area contributed by atoms with Crippen LogP contribution >= 0.6 is 0 Å². The van der Waals surface area contributed by atoms with Crippen molar-refractivity contribution in [2.24, 2.45) is 0 Å². The Hall–Kier alpha value is -1.65. The van der Waals surface area contributed by atoms with Crippen LogP contribution < -0.4 is 5.32 Å². The first-order valence-corrected chi connectivity index (χ1v) is 7.93. The number of carbonyl (C=O) groups excluding carboxylic acids is 1. The molecule has 1 aromatic carbocycles. The highest BCUT2D eigenvalue weighted by Gasteiger charge is 2.23. The molecule has 22 heavy (non-hydrogen) atoms. The van der Waals surface area contributed by atoms with Gasteiger partial charge < -0.3 is 10.2 Å². The van der Waals surface area contributed by atoms with Crippen LogP contribution in [0.2, 0.25) is 0 Å². The zero-order chi connectivity index (χ0) is 15.9. The number of fused-ring (bicyclic) bond motifs is 1. The molecule has 0 saturated carbocycles. The second kappa shape index (κ2) is 8.11. The number of benzene rings is 1. The highest BCUT2D eigenvalue weighted by atomic mass is 16.1. The lowest BCUT2D eigenvalue weighted by Gasteiger charge is -2.36. The molecule has 0 unspecified atom stereocenters. The fraction of sp³-hybridized carbons (Fsp3) is 0.500. The van der Waals surface area contributed by atoms with Gasteiger partial charge in [0, 0.05) is 38.6 Å². The molecule has 0 spiro atoms. The fourth-order valence-electron chi connectivity index (χ4n) is 2.94. The Morgan fingerprint density at radius 1 is 1.45 bits per heavy atom. The molecule has 2 rings (SSSR count). The molecule has 0 saturated heterocycles. The van der Waals surface area contributed by atoms with Gasteiger partial charge in [-0.1, -0.05) is 30.3 Å². The summed E-state index contributed by atoms with van der Waals surface area (Å²) in [6.07, 6.45) is 3.33. The van der Waals surface area contributed by atoms with E-state index in [1.54, 1.807) is 6.08 Å². The molecule has 0 aliphatic carbocycles. The third kappa shape index (κ3) is 4.68. The van der Waals surface area contributed by atoms with Crippen LogP contribution in [0.25, 0.3) is 0 Å². The Labute approximate surface area is 133 Å². The standard InChI is InChI=1S/C18H27N3O/c1-4-10-19-18(22)9-11-20(2)14-17-12-15-7-5-6-8-16(15)13-21(17)3/h4-8,17H,1,9-14H2,2-3H3,(H,19,22)/t17-/m1/s1. The first-order chi connectivity index (χ1) is 10.6. The van der Waals surface area contributed by atoms with Gasteiger partial charge in [0.25, 0.3) is 0 Å². The van der Waals surface area contributed by atoms with Gasteiger partial charge in [0.05, 0.1) is 0 Å². The van der Waals surface area contributed by atoms with Crippen molar-refractivity contribution < 1.29 is 4.79 Å². The van der Waals surface area contributed by atoms with E-state index in [1.165, 1.54) is 11.1 Å². The molecule has 1 amide bonds. The molecule has 1 aromatic rings. The summed E-state index contributed by atoms with van der Waals surface area (Å²) in [6.45, 7) is 6.93. The van der Waals surface area contributed by atoms with Crippen molar-refractivity contribution in [2.45, 2.75) is 25.4 Å². The van der Waals surface area contributed by atoms with Gasteiger partial charge in [-0.3, -0.25) is 9.69 Å². The van der Waals surface area contributed by atoms with E-state index in [0.29, 0.717) is 19.0 Å². The summed E-state index contributed by atoms with van der Waals surface area (Å²) in [4.78, 5) is 16.3. The average molecular weight is 301 g/mol. The molecule has 1 aliphatic rings. The molecule has 4 nitrogen and oxygen atoms in total. The van der Waals surface area contributed by atoms with E-state index in [-0.39, 0.29) is 5.91 Å². The average Bonchev–Trinajstić information content (AvgIpc) is 2.51. The van der Waals surface area contributed by atoms with E-state index in [4.69, 9.17) is 0 Å². The molecule has 1 aliphatic heterocycles. The van der Waals surface area contributed by atoms with Crippen LogP contribution in [0.3, 0.4) is 0 Å². The summed E-state index contributed by atoms with van der Waals surface area (Å²) < 4.78 is 0. The van der Waals surface area contributed by atoms with Gasteiger partial charge in [0.2, 0.25) is 5.91 Å². The second-order valence-electron chi connectivity index (χ2n) is 6.15. The van der Waals surface area contributed by atoms with E-state index < -0.39 is 0 Å². The number of hydrogen-bond donors (Lipinski definition) is 1. The molecule has 1 atom stereocenters. The maximum Gasteiger partial charge on any atom is 0.221 e. The van der Waals surface area contributed by atoms with Crippen LogP contribution in [0.5, 0.6) is 0 Å². The summed E-state index contributed by atoms with van der Waals surface area (Å²) in [6, 6.07) is 9.19. The summed E-state index contributed by atoms with van der Waals surface area (Å²) in [5, 5.41) is 2.82. The Kier molecular flexibility index (Phi) is 6.16. The van der Waals surface area contributed by atoms with Crippen molar-refractivity contribution in [2.75, 3.05) is 33.7 Å². The number of carbonyl (C=O) groups is 1. The van der Waals surface area contributed by atoms with Gasteiger partial charge >= 0.3 is 0 Å². The molecule has 4 heteroatoms. The first kappa shape index (κ1) is 16.7. The normalized spacial score (nSPS) is 18.0. The van der Waals surface area contributed by atoms with Crippen molar-refractivity contribution >= 4 is 5.91 Å². The monoisotopic (exact) mass is 301 g/mol. The molecule has 0 aromatic heterocycles. The molecular weight excluding hydrogens is 274 g/mol. The Morgan fingerprint density at radius 2 is 2.18 bits per heavy atom. The molecule has 1 heterocycles. The molecule has 0 fully saturated rings. The summed E-state index contributed by atoms with van der Waals surface area (Å²) >= 11 is 0. The first-order valence-electron chi connectivity index (χ1n) is 7.93. The Balaban J connectivity index is 1.80. The minimum Gasteiger partial charge on any atom is -0.353 e. The van der Waals surface area contributed by atoms with Crippen LogP contribution in [0, 0.1) is 0 Å². The van der Waals surface area contributed by atoms with Crippen LogP contribution in [-0.4, -0.2) is 55.5 Å². The lowest BCUT2D eigenvalue weighted by molar-refractivity contribution is -0.121. The molecular formula is C18H27N3O. The van der Waals surface area contributed by atoms with Crippen molar-refractivity contribution in [1.29, 1.82) is 0 Å². The quantitative estimate of drug-likeness (QED) is 0.778. The largest absolute Gasteiger partial charge is 0.353 e. The van der Waals surface area contributed by atoms with Crippen LogP contribution in [0.1, 0.15) is 17.5 Å². The maximum atomic E-state index is 11.6. The van der Waals surface area contributed by atoms with E-state index in [9.17, 15) is 4.79 Å². The number of rotatable bonds is 7. The predicted molar refractivity (Wildman–Crippen MR) is 90.7 cm³/mol. The lowest BCUT2D eigenvalue weighted by atomic mass is 9.94. The van der Waals surface area contributed by atoms with E-state index in [2.05, 4.69) is 60.1 Å². The zero-order valence-corrected chi connectivity index (χ0v) is 13.7. The van der Waals surface area contributed by atoms with Gasteiger partial charge in [-0.15, -0.1) is 6.58 Å². The zero-order valence-electron chi connectivity index (χ0n) is 13.7. The number of likely N-dealkylation sites (N-methyl/N-ethyl adjacent to an activating group) is 2. The smallest absolute Gasteiger partial charge is 0.221 e. The van der Waals surface area contributed by atoms with Crippen LogP contribution in [0.4, 0.5) is 0 Å². The minimum atomic E-state index is 0.0918. The van der Waals surface area contributed by atoms with Crippen molar-refractivity contribution in [3.63, 3.8) is 0 Å². The third-order valence-corrected chi connectivity index (χ3v) is 4.30. The topological polar surface area (TPSA) is 35.6 Å². The van der Waals surface area contributed by atoms with Crippen molar-refractivity contribution in [3.05, 3.63) is 48.0 Å². The highest BCUT2D eigenvalue weighted by molar-refractivity contribution is 5.76. The van der Waals surface area contributed by atoms with E-state index >= 15 is 0 Å². The molecule has 1 N–H and O–H groups in total. The fourth-order valence-corrected chi connectivity index (χ4v) is 2.94. The van der Waals surface area contributed by atoms with E-state index in [1.807, 2.05) is 0 Å². The number of nitrogens with zero attached hydrogens (tertiary/aromatic N) is 2. The van der Waals surface area contributed by atoms with Crippen molar-refractivity contribution in [3.8, 4) is 0 Å². The van der Waals surface area contributed by atoms with Crippen LogP contribution in [-0.2, 0) is 17.8 Å². The highest BCUT2D eigenvalue weighted by Crippen LogP contribution is 2.22. The SMILES string of the molecule is C=CCNC(=O)CCN(C)C[C@H]1Cc2ccccc2CN1C. The van der Waals surface area contributed by atoms with Gasteiger partial charge in [0.1, 0.15) is 0 Å². The number of nitrogens with one attached hydrogen (secondary N) is 1. The van der Waals surface area contributed by atoms with Crippen LogP contribution in [0.15, 0.2) is 36.9 Å². The van der Waals surface area contributed by atoms with Crippen molar-refractivity contribution in [1.82, 2.24) is 15.1 Å². The van der Waals surface area contributed by atoms with Gasteiger partial charge in [-0.2, -0.15) is 0 Å². The number of hydrogen-bond acceptors (Lipinski definition) is 3. The molecule has 0 bridgehead atoms. The van der Waals surface area contributed by atoms with E-state index in [0.717, 1.165) is 26.1 Å². The van der Waals surface area contributed by atoms with Gasteiger partial charge in [-0.25, -0.2) is 0 Å². The summed E-state index contributed by atoms with van der Waals surface area (Å²) in [7, 11) is 4.28. The maximum absolute atomic E-state index is 11.6. The van der Waals surface area contributed by atoms with Gasteiger partial charge in [-0.05, 0) is 31.6 Å². The molecule has 0 radical (unpaired) electrons. The number of amides is 1. The summed E-state index contributed by atoms with van der Waals surface area (Å²) in [5.74, 6) is 0.0918. The Bertz CT molecular complexity index is 515. The minimum absolute atomic E-state index is 0.0918. The van der Waals surface area contributed by atoms with Gasteiger partial charge in [0.15, 0.2) is 0 Å². The third-order valence-electron chi connectivity index (χ3n) is 4.30. The lowest BCUT2D eigenvalue weighted by Crippen LogP contribution is -2.45. The predicted octanol–water partition coefficient (Wildman–Crippen LogP) is 1.67. The Morgan fingerprint density at radius 3 is 2.91 bits per heavy atom. The summed E-state index contributed by atoms with van der Waals surface area (Å²) in [5.41, 5.74) is 2.90. The second-order valence-corrected chi connectivity index (χ2v) is 6.15. The molecule has 120 valence electrons.